The van der Waals surface area contributed by atoms with E-state index < -0.39 is 5.97 Å². The third kappa shape index (κ3) is 5.87. The van der Waals surface area contributed by atoms with Gasteiger partial charge in [-0.2, -0.15) is 5.10 Å². The van der Waals surface area contributed by atoms with E-state index in [2.05, 4.69) is 31.3 Å². The number of carboxylic acid groups (broad SMARTS) is 1. The molecule has 190 valence electrons. The molecule has 1 heterocycles. The topological polar surface area (TPSA) is 84.2 Å². The number of carbonyl (C=O) groups is 2. The Kier molecular flexibility index (Phi) is 8.00. The van der Waals surface area contributed by atoms with Crippen molar-refractivity contribution in [2.75, 3.05) is 6.54 Å². The molecule has 0 spiro atoms. The summed E-state index contributed by atoms with van der Waals surface area (Å²) in [4.78, 5) is 23.1. The van der Waals surface area contributed by atoms with Gasteiger partial charge in [-0.05, 0) is 62.2 Å². The fourth-order valence-corrected chi connectivity index (χ4v) is 4.89. The lowest BCUT2D eigenvalue weighted by Gasteiger charge is -2.18. The van der Waals surface area contributed by atoms with E-state index in [1.807, 2.05) is 48.0 Å². The van der Waals surface area contributed by atoms with Crippen molar-refractivity contribution in [1.82, 2.24) is 15.1 Å². The van der Waals surface area contributed by atoms with Crippen molar-refractivity contribution in [2.24, 2.45) is 0 Å². The van der Waals surface area contributed by atoms with Gasteiger partial charge in [-0.3, -0.25) is 14.3 Å². The number of hydrogen-bond acceptors (Lipinski definition) is 3. The molecule has 0 aliphatic carbocycles. The molecule has 4 aromatic rings. The molecular weight excluding hydrogens is 509 g/mol. The molecule has 4 rings (SSSR count). The number of halogens is 2. The first-order chi connectivity index (χ1) is 17.7. The Morgan fingerprint density at radius 1 is 1.00 bits per heavy atom. The minimum absolute atomic E-state index is 0.0783. The Hall–Kier alpha value is -3.61. The highest BCUT2D eigenvalue weighted by atomic mass is 35.5. The van der Waals surface area contributed by atoms with Crippen molar-refractivity contribution in [3.63, 3.8) is 0 Å². The number of carbonyl (C=O) groups excluding carboxylic acids is 1. The lowest BCUT2D eigenvalue weighted by Crippen LogP contribution is -2.26. The molecule has 0 radical (unpaired) electrons. The SMILES string of the molecule is Cc1ccccc1-c1c(C)c(-c2cc(Cl)cc(Cl)c2)nn1C(C)c1ccc(C(=O)NCCC(=O)O)cc1. The number of amides is 1. The van der Waals surface area contributed by atoms with Gasteiger partial charge in [-0.1, -0.05) is 59.6 Å². The van der Waals surface area contributed by atoms with Gasteiger partial charge in [0.1, 0.15) is 0 Å². The number of nitrogens with zero attached hydrogens (tertiary/aromatic N) is 2. The van der Waals surface area contributed by atoms with E-state index in [9.17, 15) is 9.59 Å². The number of nitrogens with one attached hydrogen (secondary N) is 1. The highest BCUT2D eigenvalue weighted by Gasteiger charge is 2.23. The van der Waals surface area contributed by atoms with Crippen molar-refractivity contribution >= 4 is 35.1 Å². The minimum atomic E-state index is -0.956. The molecule has 1 amide bonds. The van der Waals surface area contributed by atoms with Crippen LogP contribution in [0.3, 0.4) is 0 Å². The second-order valence-corrected chi connectivity index (χ2v) is 9.81. The van der Waals surface area contributed by atoms with Gasteiger partial charge in [0.05, 0.1) is 23.9 Å². The molecule has 0 saturated heterocycles. The van der Waals surface area contributed by atoms with Gasteiger partial charge < -0.3 is 10.4 Å². The normalized spacial score (nSPS) is 11.8. The van der Waals surface area contributed by atoms with E-state index in [0.717, 1.165) is 39.2 Å². The molecule has 3 aromatic carbocycles. The van der Waals surface area contributed by atoms with Crippen LogP contribution in [0, 0.1) is 13.8 Å². The first kappa shape index (κ1) is 26.5. The second kappa shape index (κ2) is 11.2. The predicted octanol–water partition coefficient (Wildman–Crippen LogP) is 6.95. The first-order valence-electron chi connectivity index (χ1n) is 11.9. The lowest BCUT2D eigenvalue weighted by molar-refractivity contribution is -0.136. The average Bonchev–Trinajstić information content (AvgIpc) is 3.20. The molecule has 0 aliphatic rings. The van der Waals surface area contributed by atoms with Crippen LogP contribution in [0.2, 0.25) is 10.0 Å². The zero-order valence-corrected chi connectivity index (χ0v) is 22.3. The number of aromatic nitrogens is 2. The zero-order valence-electron chi connectivity index (χ0n) is 20.8. The van der Waals surface area contributed by atoms with E-state index in [1.54, 1.807) is 18.2 Å². The zero-order chi connectivity index (χ0) is 26.7. The van der Waals surface area contributed by atoms with Crippen LogP contribution in [-0.4, -0.2) is 33.3 Å². The van der Waals surface area contributed by atoms with Gasteiger partial charge in [0, 0.05) is 38.8 Å². The molecule has 0 fully saturated rings. The third-order valence-corrected chi connectivity index (χ3v) is 6.77. The summed E-state index contributed by atoms with van der Waals surface area (Å²) >= 11 is 12.6. The Labute approximate surface area is 225 Å². The maximum Gasteiger partial charge on any atom is 0.305 e. The summed E-state index contributed by atoms with van der Waals surface area (Å²) in [5.41, 5.74) is 7.27. The third-order valence-electron chi connectivity index (χ3n) is 6.33. The Bertz CT molecular complexity index is 1440. The summed E-state index contributed by atoms with van der Waals surface area (Å²) in [6, 6.07) is 20.7. The molecular formula is C29H27Cl2N3O3. The second-order valence-electron chi connectivity index (χ2n) is 8.94. The number of aryl methyl sites for hydroxylation is 1. The van der Waals surface area contributed by atoms with E-state index in [4.69, 9.17) is 33.4 Å². The summed E-state index contributed by atoms with van der Waals surface area (Å²) < 4.78 is 2.00. The number of rotatable bonds is 8. The van der Waals surface area contributed by atoms with Crippen LogP contribution in [0.15, 0.2) is 66.7 Å². The largest absolute Gasteiger partial charge is 0.481 e. The summed E-state index contributed by atoms with van der Waals surface area (Å²) in [5.74, 6) is -1.26. The molecule has 0 bridgehead atoms. The maximum absolute atomic E-state index is 12.4. The lowest BCUT2D eigenvalue weighted by atomic mass is 9.98. The van der Waals surface area contributed by atoms with E-state index in [1.165, 1.54) is 0 Å². The van der Waals surface area contributed by atoms with Crippen molar-refractivity contribution in [3.8, 4) is 22.5 Å². The monoisotopic (exact) mass is 535 g/mol. The van der Waals surface area contributed by atoms with E-state index in [0.29, 0.717) is 15.6 Å². The van der Waals surface area contributed by atoms with Crippen LogP contribution in [0.25, 0.3) is 22.5 Å². The Morgan fingerprint density at radius 3 is 2.27 bits per heavy atom. The van der Waals surface area contributed by atoms with Crippen molar-refractivity contribution < 1.29 is 14.7 Å². The first-order valence-corrected chi connectivity index (χ1v) is 12.6. The molecule has 1 unspecified atom stereocenters. The van der Waals surface area contributed by atoms with Crippen LogP contribution in [0.4, 0.5) is 0 Å². The predicted molar refractivity (Wildman–Crippen MR) is 147 cm³/mol. The number of hydrogen-bond donors (Lipinski definition) is 2. The molecule has 2 N–H and O–H groups in total. The Balaban J connectivity index is 1.74. The summed E-state index contributed by atoms with van der Waals surface area (Å²) in [6.07, 6.45) is -0.124. The maximum atomic E-state index is 12.4. The van der Waals surface area contributed by atoms with Gasteiger partial charge in [0.2, 0.25) is 0 Å². The quantitative estimate of drug-likeness (QED) is 0.255. The van der Waals surface area contributed by atoms with Gasteiger partial charge >= 0.3 is 5.97 Å². The van der Waals surface area contributed by atoms with Gasteiger partial charge in [-0.25, -0.2) is 0 Å². The summed E-state index contributed by atoms with van der Waals surface area (Å²) in [7, 11) is 0. The van der Waals surface area contributed by atoms with Crippen LogP contribution in [0.5, 0.6) is 0 Å². The average molecular weight is 536 g/mol. The molecule has 8 heteroatoms. The van der Waals surface area contributed by atoms with Crippen LogP contribution < -0.4 is 5.32 Å². The molecule has 1 atom stereocenters. The van der Waals surface area contributed by atoms with Crippen LogP contribution in [-0.2, 0) is 4.79 Å². The van der Waals surface area contributed by atoms with Crippen LogP contribution in [0.1, 0.15) is 46.4 Å². The number of benzene rings is 3. The van der Waals surface area contributed by atoms with Crippen molar-refractivity contribution in [1.29, 1.82) is 0 Å². The van der Waals surface area contributed by atoms with E-state index >= 15 is 0 Å². The molecule has 0 aliphatic heterocycles. The standard InChI is InChI=1S/C29H27Cl2N3O3/c1-17-6-4-5-7-25(17)28-18(2)27(22-14-23(30)16-24(31)15-22)33-34(28)19(3)20-8-10-21(11-9-20)29(37)32-13-12-26(35)36/h4-11,14-16,19H,12-13H2,1-3H3,(H,32,37)(H,35,36). The Morgan fingerprint density at radius 2 is 1.65 bits per heavy atom. The van der Waals surface area contributed by atoms with Crippen molar-refractivity contribution in [2.45, 2.75) is 33.2 Å². The van der Waals surface area contributed by atoms with E-state index in [-0.39, 0.29) is 24.9 Å². The van der Waals surface area contributed by atoms with Crippen LogP contribution >= 0.6 is 23.2 Å². The minimum Gasteiger partial charge on any atom is -0.481 e. The highest BCUT2D eigenvalue weighted by Crippen LogP contribution is 2.38. The molecule has 37 heavy (non-hydrogen) atoms. The van der Waals surface area contributed by atoms with Gasteiger partial charge in [0.15, 0.2) is 0 Å². The number of carboxylic acids is 1. The fourth-order valence-electron chi connectivity index (χ4n) is 4.37. The number of aliphatic carboxylic acids is 1. The fraction of sp³-hybridized carbons (Fsp3) is 0.207. The van der Waals surface area contributed by atoms with Gasteiger partial charge in [0.25, 0.3) is 5.91 Å². The molecule has 1 aromatic heterocycles. The van der Waals surface area contributed by atoms with Gasteiger partial charge in [-0.15, -0.1) is 0 Å². The summed E-state index contributed by atoms with van der Waals surface area (Å²) in [5, 5.41) is 17.5. The molecule has 0 saturated carbocycles. The molecule has 6 nitrogen and oxygen atoms in total. The van der Waals surface area contributed by atoms with Crippen molar-refractivity contribution in [3.05, 3.63) is 99.0 Å². The highest BCUT2D eigenvalue weighted by molar-refractivity contribution is 6.35. The smallest absolute Gasteiger partial charge is 0.305 e. The summed E-state index contributed by atoms with van der Waals surface area (Å²) in [6.45, 7) is 6.26.